The van der Waals surface area contributed by atoms with Gasteiger partial charge in [0, 0.05) is 27.6 Å². The van der Waals surface area contributed by atoms with E-state index in [0.717, 1.165) is 27.5 Å². The van der Waals surface area contributed by atoms with Crippen molar-refractivity contribution in [1.29, 1.82) is 0 Å². The normalized spacial score (nSPS) is 10.8. The van der Waals surface area contributed by atoms with Gasteiger partial charge in [0.2, 0.25) is 0 Å². The second-order valence-corrected chi connectivity index (χ2v) is 8.04. The molecule has 0 unspecified atom stereocenters. The Labute approximate surface area is 170 Å². The minimum atomic E-state index is -0.880. The van der Waals surface area contributed by atoms with Crippen LogP contribution in [0.3, 0.4) is 0 Å². The summed E-state index contributed by atoms with van der Waals surface area (Å²) in [6, 6.07) is 16.4. The number of hydrogen-bond acceptors (Lipinski definition) is 6. The second kappa shape index (κ2) is 7.92. The quantitative estimate of drug-likeness (QED) is 0.434. The number of anilines is 2. The Balaban J connectivity index is 1.47. The molecule has 28 heavy (non-hydrogen) atoms. The van der Waals surface area contributed by atoms with Crippen LogP contribution >= 0.6 is 22.7 Å². The Morgan fingerprint density at radius 3 is 2.39 bits per heavy atom. The fourth-order valence-electron chi connectivity index (χ4n) is 2.68. The van der Waals surface area contributed by atoms with Crippen LogP contribution in [-0.2, 0) is 11.2 Å². The molecule has 140 valence electrons. The van der Waals surface area contributed by atoms with Crippen molar-refractivity contribution in [2.24, 2.45) is 0 Å². The van der Waals surface area contributed by atoms with E-state index in [1.807, 2.05) is 24.3 Å². The highest BCUT2D eigenvalue weighted by Crippen LogP contribution is 2.30. The number of aryl methyl sites for hydroxylation is 1. The first kappa shape index (κ1) is 18.3. The van der Waals surface area contributed by atoms with Crippen LogP contribution in [0.15, 0.2) is 59.3 Å². The van der Waals surface area contributed by atoms with Crippen LogP contribution in [0.25, 0.3) is 21.8 Å². The fourth-order valence-corrected chi connectivity index (χ4v) is 4.25. The zero-order chi connectivity index (χ0) is 19.5. The number of aliphatic carboxylic acids is 1. The molecule has 0 spiro atoms. The molecule has 7 heteroatoms. The van der Waals surface area contributed by atoms with E-state index in [9.17, 15) is 4.79 Å². The molecule has 0 radical (unpaired) electrons. The van der Waals surface area contributed by atoms with Gasteiger partial charge in [0.15, 0.2) is 5.13 Å². The molecule has 0 saturated heterocycles. The highest BCUT2D eigenvalue weighted by Gasteiger charge is 2.08. The average molecular weight is 408 g/mol. The average Bonchev–Trinajstić information content (AvgIpc) is 3.32. The van der Waals surface area contributed by atoms with Crippen molar-refractivity contribution in [2.45, 2.75) is 13.3 Å². The molecule has 2 heterocycles. The lowest BCUT2D eigenvalue weighted by Crippen LogP contribution is -2.00. The molecule has 0 aliphatic rings. The number of nitrogens with zero attached hydrogens (tertiary/aromatic N) is 2. The van der Waals surface area contributed by atoms with Crippen molar-refractivity contribution in [3.63, 3.8) is 0 Å². The highest BCUT2D eigenvalue weighted by molar-refractivity contribution is 7.14. The van der Waals surface area contributed by atoms with Gasteiger partial charge in [-0.25, -0.2) is 9.97 Å². The van der Waals surface area contributed by atoms with Crippen molar-refractivity contribution in [3.05, 3.63) is 70.5 Å². The maximum absolute atomic E-state index is 10.8. The number of nitrogens with one attached hydrogen (secondary N) is 1. The van der Waals surface area contributed by atoms with Gasteiger partial charge >= 0.3 is 5.97 Å². The van der Waals surface area contributed by atoms with Crippen LogP contribution in [0.2, 0.25) is 0 Å². The van der Waals surface area contributed by atoms with Crippen LogP contribution in [-0.4, -0.2) is 21.0 Å². The molecule has 0 atom stereocenters. The summed E-state index contributed by atoms with van der Waals surface area (Å²) in [5, 5.41) is 17.5. The third kappa shape index (κ3) is 4.27. The lowest BCUT2D eigenvalue weighted by molar-refractivity contribution is -0.136. The Bertz CT molecular complexity index is 1100. The topological polar surface area (TPSA) is 75.1 Å². The SMILES string of the molecule is Cc1ccc(-c2nc(-c3ccc(Nc4nc(CC(=O)O)cs4)cc3)cs2)cc1. The Hall–Kier alpha value is -3.03. The molecule has 0 saturated carbocycles. The summed E-state index contributed by atoms with van der Waals surface area (Å²) in [6.07, 6.45) is -0.0652. The first-order valence-corrected chi connectivity index (χ1v) is 10.4. The van der Waals surface area contributed by atoms with E-state index in [0.29, 0.717) is 10.8 Å². The van der Waals surface area contributed by atoms with E-state index >= 15 is 0 Å². The van der Waals surface area contributed by atoms with Gasteiger partial charge in [-0.2, -0.15) is 0 Å². The molecule has 0 aliphatic heterocycles. The number of benzene rings is 2. The zero-order valence-corrected chi connectivity index (χ0v) is 16.7. The van der Waals surface area contributed by atoms with E-state index in [4.69, 9.17) is 10.1 Å². The lowest BCUT2D eigenvalue weighted by Gasteiger charge is -2.03. The van der Waals surface area contributed by atoms with E-state index < -0.39 is 5.97 Å². The van der Waals surface area contributed by atoms with E-state index in [1.54, 1.807) is 16.7 Å². The second-order valence-electron chi connectivity index (χ2n) is 6.32. The molecule has 0 amide bonds. The van der Waals surface area contributed by atoms with Gasteiger partial charge in [0.05, 0.1) is 17.8 Å². The predicted octanol–water partition coefficient (Wildman–Crippen LogP) is 5.61. The van der Waals surface area contributed by atoms with Gasteiger partial charge in [-0.05, 0) is 19.1 Å². The maximum Gasteiger partial charge on any atom is 0.309 e. The van der Waals surface area contributed by atoms with Crippen LogP contribution in [0.5, 0.6) is 0 Å². The van der Waals surface area contributed by atoms with Gasteiger partial charge in [0.1, 0.15) is 5.01 Å². The molecule has 2 aromatic carbocycles. The van der Waals surface area contributed by atoms with Crippen molar-refractivity contribution < 1.29 is 9.90 Å². The molecule has 4 rings (SSSR count). The minimum Gasteiger partial charge on any atom is -0.481 e. The molecule has 2 N–H and O–H groups in total. The smallest absolute Gasteiger partial charge is 0.309 e. The number of rotatable bonds is 6. The van der Waals surface area contributed by atoms with Crippen molar-refractivity contribution in [2.75, 3.05) is 5.32 Å². The number of hydrogen-bond donors (Lipinski definition) is 2. The maximum atomic E-state index is 10.8. The minimum absolute atomic E-state index is 0.0652. The molecule has 0 fully saturated rings. The van der Waals surface area contributed by atoms with Crippen molar-refractivity contribution in [1.82, 2.24) is 9.97 Å². The van der Waals surface area contributed by atoms with E-state index in [-0.39, 0.29) is 6.42 Å². The summed E-state index contributed by atoms with van der Waals surface area (Å²) in [4.78, 5) is 19.8. The van der Waals surface area contributed by atoms with Gasteiger partial charge in [-0.1, -0.05) is 42.0 Å². The van der Waals surface area contributed by atoms with E-state index in [2.05, 4.69) is 46.9 Å². The third-order valence-electron chi connectivity index (χ3n) is 4.12. The van der Waals surface area contributed by atoms with Crippen LogP contribution < -0.4 is 5.32 Å². The molecule has 4 aromatic rings. The summed E-state index contributed by atoms with van der Waals surface area (Å²) in [6.45, 7) is 2.07. The van der Waals surface area contributed by atoms with Crippen LogP contribution in [0, 0.1) is 6.92 Å². The van der Waals surface area contributed by atoms with Gasteiger partial charge in [0.25, 0.3) is 0 Å². The first-order valence-electron chi connectivity index (χ1n) is 8.63. The largest absolute Gasteiger partial charge is 0.481 e. The zero-order valence-electron chi connectivity index (χ0n) is 15.0. The Morgan fingerprint density at radius 2 is 1.68 bits per heavy atom. The standard InChI is InChI=1S/C21H17N3O2S2/c1-13-2-4-15(5-3-13)20-24-18(12-27-20)14-6-8-16(9-7-14)22-21-23-17(11-28-21)10-19(25)26/h2-9,11-12H,10H2,1H3,(H,22,23)(H,25,26). The molecule has 0 aliphatic carbocycles. The van der Waals surface area contributed by atoms with Gasteiger partial charge < -0.3 is 10.4 Å². The summed E-state index contributed by atoms with van der Waals surface area (Å²) < 4.78 is 0. The molecular formula is C21H17N3O2S2. The first-order chi connectivity index (χ1) is 13.6. The number of thiazole rings is 2. The third-order valence-corrected chi connectivity index (χ3v) is 5.82. The molecule has 2 aromatic heterocycles. The van der Waals surface area contributed by atoms with Crippen molar-refractivity contribution >= 4 is 39.5 Å². The predicted molar refractivity (Wildman–Crippen MR) is 114 cm³/mol. The fraction of sp³-hybridized carbons (Fsp3) is 0.0952. The summed E-state index contributed by atoms with van der Waals surface area (Å²) in [7, 11) is 0. The molecule has 0 bridgehead atoms. The molecular weight excluding hydrogens is 390 g/mol. The summed E-state index contributed by atoms with van der Waals surface area (Å²) in [5.41, 5.74) is 5.81. The Morgan fingerprint density at radius 1 is 0.964 bits per heavy atom. The van der Waals surface area contributed by atoms with Crippen LogP contribution in [0.4, 0.5) is 10.8 Å². The summed E-state index contributed by atoms with van der Waals surface area (Å²) >= 11 is 3.03. The van der Waals surface area contributed by atoms with Crippen LogP contribution in [0.1, 0.15) is 11.3 Å². The number of carboxylic acids is 1. The molecule has 5 nitrogen and oxygen atoms in total. The highest BCUT2D eigenvalue weighted by atomic mass is 32.1. The number of carboxylic acid groups (broad SMARTS) is 1. The summed E-state index contributed by atoms with van der Waals surface area (Å²) in [5.74, 6) is -0.880. The lowest BCUT2D eigenvalue weighted by atomic mass is 10.1. The monoisotopic (exact) mass is 407 g/mol. The van der Waals surface area contributed by atoms with Crippen molar-refractivity contribution in [3.8, 4) is 21.8 Å². The Kier molecular flexibility index (Phi) is 5.18. The number of carbonyl (C=O) groups is 1. The van der Waals surface area contributed by atoms with Gasteiger partial charge in [-0.3, -0.25) is 4.79 Å². The number of aromatic nitrogens is 2. The van der Waals surface area contributed by atoms with Gasteiger partial charge in [-0.15, -0.1) is 22.7 Å². The van der Waals surface area contributed by atoms with E-state index in [1.165, 1.54) is 16.9 Å².